The van der Waals surface area contributed by atoms with Crippen molar-refractivity contribution in [1.82, 2.24) is 20.9 Å². The summed E-state index contributed by atoms with van der Waals surface area (Å²) in [4.78, 5) is 79.9. The van der Waals surface area contributed by atoms with E-state index < -0.39 is 59.1 Å². The molecular formula is C45H61ClN4O10. The summed E-state index contributed by atoms with van der Waals surface area (Å²) in [6, 6.07) is 11.5. The first kappa shape index (κ1) is 49.0. The van der Waals surface area contributed by atoms with E-state index in [1.54, 1.807) is 58.9 Å². The van der Waals surface area contributed by atoms with Crippen molar-refractivity contribution >= 4 is 53.4 Å². The molecule has 1 heterocycles. The van der Waals surface area contributed by atoms with Gasteiger partial charge in [-0.25, -0.2) is 9.59 Å². The summed E-state index contributed by atoms with van der Waals surface area (Å²) < 4.78 is 22.4. The number of hydrogen-bond acceptors (Lipinski definition) is 10. The SMILES string of the molecule is COc1ccc(C[C@H]2NC(=O)/C=C/C[C@@H]([C@H](C)/C=C/c3ccc(CNC(=O)CN(C)C(=O)OC(C)(C)C)cc3)OC(=O)[C@H](CC(C)C)OC(=O)C(C)(C)CNC2=O)cc1Cl. The molecule has 3 N–H and O–H groups in total. The lowest BCUT2D eigenvalue weighted by Gasteiger charge is -2.29. The van der Waals surface area contributed by atoms with E-state index in [0.29, 0.717) is 16.3 Å². The first-order valence-electron chi connectivity index (χ1n) is 20.0. The molecule has 0 radical (unpaired) electrons. The monoisotopic (exact) mass is 852 g/mol. The van der Waals surface area contributed by atoms with Gasteiger partial charge in [-0.3, -0.25) is 19.2 Å². The molecule has 14 nitrogen and oxygen atoms in total. The quantitative estimate of drug-likeness (QED) is 0.165. The van der Waals surface area contributed by atoms with Crippen LogP contribution in [-0.4, -0.2) is 91.8 Å². The smallest absolute Gasteiger partial charge is 0.410 e. The maximum Gasteiger partial charge on any atom is 0.410 e. The van der Waals surface area contributed by atoms with Crippen LogP contribution in [-0.2, 0) is 51.1 Å². The van der Waals surface area contributed by atoms with Gasteiger partial charge in [0.05, 0.1) is 17.5 Å². The number of carbonyl (C=O) groups is 6. The number of cyclic esters (lactones) is 2. The summed E-state index contributed by atoms with van der Waals surface area (Å²) in [6.45, 7) is 14.1. The van der Waals surface area contributed by atoms with E-state index in [-0.39, 0.29) is 56.6 Å². The molecule has 1 aliphatic rings. The third-order valence-corrected chi connectivity index (χ3v) is 9.68. The Labute approximate surface area is 358 Å². The number of nitrogens with one attached hydrogen (secondary N) is 3. The maximum atomic E-state index is 13.7. The molecule has 328 valence electrons. The molecule has 0 saturated heterocycles. The third kappa shape index (κ3) is 16.4. The fourth-order valence-corrected chi connectivity index (χ4v) is 6.11. The second-order valence-electron chi connectivity index (χ2n) is 17.0. The highest BCUT2D eigenvalue weighted by molar-refractivity contribution is 6.32. The van der Waals surface area contributed by atoms with Crippen LogP contribution in [0, 0.1) is 17.3 Å². The van der Waals surface area contributed by atoms with Crippen LogP contribution in [0.3, 0.4) is 0 Å². The van der Waals surface area contributed by atoms with Crippen molar-refractivity contribution in [3.05, 3.63) is 82.4 Å². The number of esters is 2. The van der Waals surface area contributed by atoms with Crippen LogP contribution in [0.2, 0.25) is 5.02 Å². The number of rotatable bonds is 12. The van der Waals surface area contributed by atoms with Gasteiger partial charge in [-0.1, -0.05) is 80.9 Å². The summed E-state index contributed by atoms with van der Waals surface area (Å²) in [5, 5.41) is 8.67. The zero-order valence-electron chi connectivity index (χ0n) is 36.4. The van der Waals surface area contributed by atoms with Crippen LogP contribution < -0.4 is 20.7 Å². The third-order valence-electron chi connectivity index (χ3n) is 9.38. The number of halogens is 1. The second kappa shape index (κ2) is 22.3. The number of amides is 4. The van der Waals surface area contributed by atoms with E-state index >= 15 is 0 Å². The highest BCUT2D eigenvalue weighted by atomic mass is 35.5. The molecule has 15 heteroatoms. The summed E-state index contributed by atoms with van der Waals surface area (Å²) in [6.07, 6.45) is 4.50. The molecule has 0 unspecified atom stereocenters. The fourth-order valence-electron chi connectivity index (χ4n) is 5.83. The van der Waals surface area contributed by atoms with Gasteiger partial charge >= 0.3 is 18.0 Å². The topological polar surface area (TPSA) is 179 Å². The first-order valence-corrected chi connectivity index (χ1v) is 20.4. The molecule has 0 aromatic heterocycles. The molecule has 4 amide bonds. The summed E-state index contributed by atoms with van der Waals surface area (Å²) in [5.41, 5.74) is 0.434. The second-order valence-corrected chi connectivity index (χ2v) is 17.5. The normalized spacial score (nSPS) is 20.3. The van der Waals surface area contributed by atoms with Crippen LogP contribution in [0.25, 0.3) is 6.08 Å². The van der Waals surface area contributed by atoms with Crippen molar-refractivity contribution < 1.29 is 47.7 Å². The Bertz CT molecular complexity index is 1890. The van der Waals surface area contributed by atoms with Crippen molar-refractivity contribution in [3.8, 4) is 5.75 Å². The largest absolute Gasteiger partial charge is 0.495 e. The van der Waals surface area contributed by atoms with Crippen LogP contribution in [0.15, 0.2) is 60.7 Å². The number of benzene rings is 2. The average molecular weight is 853 g/mol. The lowest BCUT2D eigenvalue weighted by Crippen LogP contribution is -2.51. The molecule has 3 rings (SSSR count). The number of carbonyl (C=O) groups excluding carboxylic acids is 6. The summed E-state index contributed by atoms with van der Waals surface area (Å²) in [5.74, 6) is -2.74. The maximum absolute atomic E-state index is 13.7. The van der Waals surface area contributed by atoms with Gasteiger partial charge < -0.3 is 39.8 Å². The van der Waals surface area contributed by atoms with Gasteiger partial charge in [0.1, 0.15) is 30.0 Å². The molecule has 0 spiro atoms. The number of methoxy groups -OCH3 is 1. The van der Waals surface area contributed by atoms with Crippen molar-refractivity contribution in [2.75, 3.05) is 27.2 Å². The van der Waals surface area contributed by atoms with E-state index in [4.69, 9.17) is 30.5 Å². The zero-order chi connectivity index (χ0) is 44.8. The number of nitrogens with zero attached hydrogens (tertiary/aromatic N) is 1. The summed E-state index contributed by atoms with van der Waals surface area (Å²) in [7, 11) is 2.99. The molecule has 1 aliphatic heterocycles. The highest BCUT2D eigenvalue weighted by Crippen LogP contribution is 2.26. The molecule has 0 aliphatic carbocycles. The van der Waals surface area contributed by atoms with Gasteiger partial charge in [0, 0.05) is 38.9 Å². The summed E-state index contributed by atoms with van der Waals surface area (Å²) >= 11 is 6.34. The molecule has 4 atom stereocenters. The van der Waals surface area contributed by atoms with Crippen molar-refractivity contribution in [3.63, 3.8) is 0 Å². The molecule has 0 saturated carbocycles. The lowest BCUT2D eigenvalue weighted by atomic mass is 9.93. The van der Waals surface area contributed by atoms with Gasteiger partial charge in [0.15, 0.2) is 6.10 Å². The van der Waals surface area contributed by atoms with E-state index in [1.165, 1.54) is 25.1 Å². The minimum absolute atomic E-state index is 0.0230. The molecule has 60 heavy (non-hydrogen) atoms. The van der Waals surface area contributed by atoms with E-state index in [9.17, 15) is 28.8 Å². The first-order chi connectivity index (χ1) is 28.1. The number of likely N-dealkylation sites (N-methyl/N-ethyl adjacent to an activating group) is 1. The minimum Gasteiger partial charge on any atom is -0.495 e. The number of hydrogen-bond donors (Lipinski definition) is 3. The molecule has 2 aromatic carbocycles. The predicted octanol–water partition coefficient (Wildman–Crippen LogP) is 6.18. The van der Waals surface area contributed by atoms with Gasteiger partial charge in [-0.05, 0) is 81.9 Å². The zero-order valence-corrected chi connectivity index (χ0v) is 37.1. The standard InChI is InChI=1S/C45H61ClN4O10/c1-28(2)22-37-41(54)58-35(29(3)14-15-30-16-18-31(19-17-30)25-47-39(52)26-50(9)43(56)60-44(4,5)6)12-11-13-38(51)49-34(24-32-20-21-36(57-10)33(46)23-32)40(53)48-27-45(7,8)42(55)59-37/h11,13-21,23,28-29,34-35,37H,12,22,24-27H2,1-10H3,(H,47,52)(H,48,53)(H,49,51)/b13-11+,15-14+/t29-,34-,35+,37+/m1/s1. The molecule has 0 fully saturated rings. The van der Waals surface area contributed by atoms with E-state index in [2.05, 4.69) is 16.0 Å². The molecule has 2 aromatic rings. The van der Waals surface area contributed by atoms with Crippen molar-refractivity contribution in [1.29, 1.82) is 0 Å². The Balaban J connectivity index is 1.80. The Kier molecular flexibility index (Phi) is 18.2. The van der Waals surface area contributed by atoms with Gasteiger partial charge in [0.25, 0.3) is 0 Å². The van der Waals surface area contributed by atoms with E-state index in [1.807, 2.05) is 57.2 Å². The van der Waals surface area contributed by atoms with Gasteiger partial charge in [0.2, 0.25) is 17.7 Å². The Morgan fingerprint density at radius 3 is 2.32 bits per heavy atom. The predicted molar refractivity (Wildman–Crippen MR) is 229 cm³/mol. The molecular weight excluding hydrogens is 792 g/mol. The molecule has 0 bridgehead atoms. The van der Waals surface area contributed by atoms with Crippen LogP contribution in [0.5, 0.6) is 5.75 Å². The van der Waals surface area contributed by atoms with Crippen molar-refractivity contribution in [2.24, 2.45) is 17.3 Å². The van der Waals surface area contributed by atoms with E-state index in [0.717, 1.165) is 11.1 Å². The van der Waals surface area contributed by atoms with Crippen LogP contribution >= 0.6 is 11.6 Å². The average Bonchev–Trinajstić information content (AvgIpc) is 3.16. The van der Waals surface area contributed by atoms with Gasteiger partial charge in [-0.15, -0.1) is 0 Å². The Morgan fingerprint density at radius 1 is 1.03 bits per heavy atom. The lowest BCUT2D eigenvalue weighted by molar-refractivity contribution is -0.178. The van der Waals surface area contributed by atoms with Gasteiger partial charge in [-0.2, -0.15) is 0 Å². The number of ether oxygens (including phenoxy) is 4. The fraction of sp³-hybridized carbons (Fsp3) is 0.511. The van der Waals surface area contributed by atoms with Crippen LogP contribution in [0.1, 0.15) is 84.9 Å². The minimum atomic E-state index is -1.24. The van der Waals surface area contributed by atoms with Crippen molar-refractivity contribution in [2.45, 2.75) is 105 Å². The van der Waals surface area contributed by atoms with Crippen LogP contribution in [0.4, 0.5) is 4.79 Å². The Morgan fingerprint density at radius 2 is 1.70 bits per heavy atom. The highest BCUT2D eigenvalue weighted by Gasteiger charge is 2.37. The Hall–Kier alpha value is -5.37.